The largest absolute Gasteiger partial charge is 0.309 e. The number of benzene rings is 1. The second-order valence-electron chi connectivity index (χ2n) is 5.86. The minimum Gasteiger partial charge on any atom is -0.309 e. The Morgan fingerprint density at radius 3 is 2.23 bits per heavy atom. The van der Waals surface area contributed by atoms with Crippen molar-refractivity contribution in [3.05, 3.63) is 28.7 Å². The molecule has 1 fully saturated rings. The van der Waals surface area contributed by atoms with Crippen LogP contribution in [0, 0.1) is 0 Å². The highest BCUT2D eigenvalue weighted by Gasteiger charge is 2.28. The van der Waals surface area contributed by atoms with Crippen molar-refractivity contribution in [3.8, 4) is 0 Å². The van der Waals surface area contributed by atoms with Gasteiger partial charge >= 0.3 is 0 Å². The first-order chi connectivity index (χ1) is 10.4. The lowest BCUT2D eigenvalue weighted by atomic mass is 10.3. The summed E-state index contributed by atoms with van der Waals surface area (Å²) in [4.78, 5) is 4.89. The van der Waals surface area contributed by atoms with E-state index in [1.54, 1.807) is 28.6 Å². The molecule has 1 aliphatic rings. The summed E-state index contributed by atoms with van der Waals surface area (Å²) in [6, 6.07) is 6.85. The molecule has 7 heteroatoms. The summed E-state index contributed by atoms with van der Waals surface area (Å²) >= 11 is 3.33. The molecule has 0 radical (unpaired) electrons. The number of rotatable bonds is 6. The lowest BCUT2D eigenvalue weighted by Crippen LogP contribution is -2.48. The highest BCUT2D eigenvalue weighted by atomic mass is 79.9. The zero-order chi connectivity index (χ0) is 16.2. The Balaban J connectivity index is 1.89. The topological polar surface area (TPSA) is 43.9 Å². The number of piperazine rings is 1. The molecular weight excluding hydrogens is 366 g/mol. The minimum atomic E-state index is -3.36. The van der Waals surface area contributed by atoms with E-state index in [0.717, 1.165) is 37.1 Å². The van der Waals surface area contributed by atoms with Crippen LogP contribution in [0.5, 0.6) is 0 Å². The fourth-order valence-corrected chi connectivity index (χ4v) is 4.25. The van der Waals surface area contributed by atoms with Gasteiger partial charge < -0.3 is 9.80 Å². The van der Waals surface area contributed by atoms with Gasteiger partial charge in [0, 0.05) is 30.7 Å². The molecule has 0 amide bonds. The Kier molecular flexibility index (Phi) is 6.40. The van der Waals surface area contributed by atoms with E-state index < -0.39 is 10.0 Å². The molecule has 0 spiro atoms. The van der Waals surface area contributed by atoms with Crippen molar-refractivity contribution in [3.63, 3.8) is 0 Å². The van der Waals surface area contributed by atoms with Gasteiger partial charge in [-0.3, -0.25) is 0 Å². The Morgan fingerprint density at radius 1 is 1.09 bits per heavy atom. The molecule has 1 heterocycles. The minimum absolute atomic E-state index is 0.372. The van der Waals surface area contributed by atoms with Crippen LogP contribution < -0.4 is 0 Å². The van der Waals surface area contributed by atoms with Gasteiger partial charge in [0.05, 0.1) is 4.90 Å². The van der Waals surface area contributed by atoms with Gasteiger partial charge in [0.25, 0.3) is 0 Å². The molecule has 1 aliphatic heterocycles. The van der Waals surface area contributed by atoms with Crippen molar-refractivity contribution in [2.45, 2.75) is 11.3 Å². The van der Waals surface area contributed by atoms with Crippen molar-refractivity contribution < 1.29 is 8.42 Å². The second-order valence-corrected chi connectivity index (χ2v) is 8.71. The van der Waals surface area contributed by atoms with Crippen LogP contribution in [0.2, 0.25) is 0 Å². The summed E-state index contributed by atoms with van der Waals surface area (Å²) in [5.41, 5.74) is 0. The predicted molar refractivity (Wildman–Crippen MR) is 92.5 cm³/mol. The van der Waals surface area contributed by atoms with Gasteiger partial charge in [0.2, 0.25) is 10.0 Å². The molecular formula is C15H24BrN3O2S. The number of nitrogens with zero attached hydrogens (tertiary/aromatic N) is 3. The fraction of sp³-hybridized carbons (Fsp3) is 0.600. The summed E-state index contributed by atoms with van der Waals surface area (Å²) in [5, 5.41) is 0. The molecule has 0 saturated carbocycles. The number of hydrogen-bond donors (Lipinski definition) is 0. The van der Waals surface area contributed by atoms with Gasteiger partial charge in [-0.2, -0.15) is 4.31 Å². The molecule has 1 saturated heterocycles. The summed E-state index contributed by atoms with van der Waals surface area (Å²) in [5.74, 6) is 0. The monoisotopic (exact) mass is 389 g/mol. The normalized spacial score (nSPS) is 18.0. The molecule has 0 aromatic heterocycles. The third-order valence-electron chi connectivity index (χ3n) is 3.86. The van der Waals surface area contributed by atoms with Crippen molar-refractivity contribution in [2.24, 2.45) is 0 Å². The Hall–Kier alpha value is -0.470. The average Bonchev–Trinajstić information content (AvgIpc) is 2.48. The first-order valence-corrected chi connectivity index (χ1v) is 9.76. The lowest BCUT2D eigenvalue weighted by molar-refractivity contribution is 0.181. The third kappa shape index (κ3) is 4.76. The average molecular weight is 390 g/mol. The van der Waals surface area contributed by atoms with Crippen molar-refractivity contribution in [1.29, 1.82) is 0 Å². The molecule has 0 N–H and O–H groups in total. The molecule has 0 aliphatic carbocycles. The second kappa shape index (κ2) is 7.88. The van der Waals surface area contributed by atoms with Crippen molar-refractivity contribution in [2.75, 3.05) is 53.4 Å². The van der Waals surface area contributed by atoms with E-state index in [-0.39, 0.29) is 0 Å². The quantitative estimate of drug-likeness (QED) is 0.742. The maximum atomic E-state index is 12.6. The molecule has 0 unspecified atom stereocenters. The van der Waals surface area contributed by atoms with Gasteiger partial charge in [-0.15, -0.1) is 0 Å². The third-order valence-corrected chi connectivity index (χ3v) is 6.30. The molecule has 1 aromatic rings. The zero-order valence-electron chi connectivity index (χ0n) is 13.2. The first kappa shape index (κ1) is 17.9. The van der Waals surface area contributed by atoms with Crippen LogP contribution in [0.15, 0.2) is 33.6 Å². The van der Waals surface area contributed by atoms with Crippen LogP contribution in [0.4, 0.5) is 0 Å². The highest BCUT2D eigenvalue weighted by molar-refractivity contribution is 9.10. The van der Waals surface area contributed by atoms with E-state index in [4.69, 9.17) is 0 Å². The van der Waals surface area contributed by atoms with Gasteiger partial charge in [0.15, 0.2) is 0 Å². The van der Waals surface area contributed by atoms with Crippen LogP contribution >= 0.6 is 15.9 Å². The number of halogens is 1. The van der Waals surface area contributed by atoms with E-state index in [1.807, 2.05) is 0 Å². The van der Waals surface area contributed by atoms with Crippen molar-refractivity contribution >= 4 is 26.0 Å². The van der Waals surface area contributed by atoms with Gasteiger partial charge in [-0.1, -0.05) is 15.9 Å². The van der Waals surface area contributed by atoms with Gasteiger partial charge in [0.1, 0.15) is 0 Å². The van der Waals surface area contributed by atoms with Gasteiger partial charge in [-0.05, 0) is 57.9 Å². The SMILES string of the molecule is CN(C)CCCN1CCN(S(=O)(=O)c2ccc(Br)cc2)CC1. The summed E-state index contributed by atoms with van der Waals surface area (Å²) < 4.78 is 27.7. The van der Waals surface area contributed by atoms with E-state index in [9.17, 15) is 8.42 Å². The Morgan fingerprint density at radius 2 is 1.68 bits per heavy atom. The maximum absolute atomic E-state index is 12.6. The highest BCUT2D eigenvalue weighted by Crippen LogP contribution is 2.20. The van der Waals surface area contributed by atoms with E-state index >= 15 is 0 Å². The smallest absolute Gasteiger partial charge is 0.243 e. The molecule has 2 rings (SSSR count). The number of hydrogen-bond acceptors (Lipinski definition) is 4. The molecule has 22 heavy (non-hydrogen) atoms. The molecule has 1 aromatic carbocycles. The molecule has 5 nitrogen and oxygen atoms in total. The van der Waals surface area contributed by atoms with Crippen LogP contribution in [0.3, 0.4) is 0 Å². The Bertz CT molecular complexity index is 567. The molecule has 124 valence electrons. The predicted octanol–water partition coefficient (Wildman–Crippen LogP) is 1.71. The maximum Gasteiger partial charge on any atom is 0.243 e. The summed E-state index contributed by atoms with van der Waals surface area (Å²) in [6.45, 7) is 4.86. The summed E-state index contributed by atoms with van der Waals surface area (Å²) in [7, 11) is 0.786. The van der Waals surface area contributed by atoms with Crippen LogP contribution in [0.1, 0.15) is 6.42 Å². The standard InChI is InChI=1S/C15H24BrN3O2S/c1-17(2)8-3-9-18-10-12-19(13-11-18)22(20,21)15-6-4-14(16)5-7-15/h4-7H,3,8-13H2,1-2H3. The van der Waals surface area contributed by atoms with E-state index in [1.165, 1.54) is 0 Å². The van der Waals surface area contributed by atoms with Crippen LogP contribution in [0.25, 0.3) is 0 Å². The lowest BCUT2D eigenvalue weighted by Gasteiger charge is -2.34. The number of sulfonamides is 1. The fourth-order valence-electron chi connectivity index (χ4n) is 2.56. The van der Waals surface area contributed by atoms with Crippen LogP contribution in [-0.4, -0.2) is 75.9 Å². The van der Waals surface area contributed by atoms with Crippen LogP contribution in [-0.2, 0) is 10.0 Å². The zero-order valence-corrected chi connectivity index (χ0v) is 15.6. The van der Waals surface area contributed by atoms with Gasteiger partial charge in [-0.25, -0.2) is 8.42 Å². The van der Waals surface area contributed by atoms with E-state index in [0.29, 0.717) is 18.0 Å². The summed E-state index contributed by atoms with van der Waals surface area (Å²) in [6.07, 6.45) is 1.12. The van der Waals surface area contributed by atoms with Crippen molar-refractivity contribution in [1.82, 2.24) is 14.1 Å². The molecule has 0 bridgehead atoms. The Labute approximate surface area is 142 Å². The first-order valence-electron chi connectivity index (χ1n) is 7.52. The molecule has 0 atom stereocenters. The van der Waals surface area contributed by atoms with E-state index in [2.05, 4.69) is 39.8 Å².